The largest absolute Gasteiger partial charge is 0.478 e. The Kier molecular flexibility index (Phi) is 2.75. The van der Waals surface area contributed by atoms with E-state index in [0.29, 0.717) is 5.92 Å². The van der Waals surface area contributed by atoms with Crippen LogP contribution in [0.3, 0.4) is 0 Å². The van der Waals surface area contributed by atoms with Crippen molar-refractivity contribution in [3.63, 3.8) is 0 Å². The van der Waals surface area contributed by atoms with Crippen LogP contribution >= 0.6 is 0 Å². The molecule has 0 aromatic heterocycles. The zero-order chi connectivity index (χ0) is 10.8. The Morgan fingerprint density at radius 2 is 2.00 bits per heavy atom. The molecule has 0 radical (unpaired) electrons. The van der Waals surface area contributed by atoms with Crippen LogP contribution in [0.15, 0.2) is 12.2 Å². The molecule has 3 atom stereocenters. The summed E-state index contributed by atoms with van der Waals surface area (Å²) in [6.45, 7) is 0. The molecule has 4 heteroatoms. The van der Waals surface area contributed by atoms with E-state index in [9.17, 15) is 9.59 Å². The molecular weight excluding hydrogens is 196 g/mol. The van der Waals surface area contributed by atoms with E-state index < -0.39 is 11.9 Å². The molecule has 2 bridgehead atoms. The van der Waals surface area contributed by atoms with E-state index in [4.69, 9.17) is 9.84 Å². The average molecular weight is 210 g/mol. The quantitative estimate of drug-likeness (QED) is 0.564. The molecule has 2 saturated carbocycles. The highest BCUT2D eigenvalue weighted by molar-refractivity contribution is 5.90. The Bertz CT molecular complexity index is 308. The van der Waals surface area contributed by atoms with E-state index in [1.54, 1.807) is 0 Å². The third-order valence-corrected chi connectivity index (χ3v) is 3.30. The summed E-state index contributed by atoms with van der Waals surface area (Å²) in [5, 5.41) is 8.33. The smallest absolute Gasteiger partial charge is 0.331 e. The van der Waals surface area contributed by atoms with Gasteiger partial charge in [-0.05, 0) is 37.5 Å². The fourth-order valence-corrected chi connectivity index (χ4v) is 2.66. The summed E-state index contributed by atoms with van der Waals surface area (Å²) in [5.41, 5.74) is 0. The first-order valence-electron chi connectivity index (χ1n) is 5.27. The number of fused-ring (bicyclic) bond motifs is 2. The first-order chi connectivity index (χ1) is 7.15. The standard InChI is InChI=1S/C11H14O4/c12-10(13)3-4-11(14)15-9-6-7-1-2-8(9)5-7/h3-4,7-9H,1-2,5-6H2,(H,12,13)/b4-3+/t7-,8-,9+/m1/s1. The number of ether oxygens (including phenoxy) is 1. The lowest BCUT2D eigenvalue weighted by Crippen LogP contribution is -2.23. The average Bonchev–Trinajstić information content (AvgIpc) is 2.76. The van der Waals surface area contributed by atoms with Gasteiger partial charge < -0.3 is 9.84 Å². The summed E-state index contributed by atoms with van der Waals surface area (Å²) in [5.74, 6) is -0.428. The van der Waals surface area contributed by atoms with E-state index in [0.717, 1.165) is 30.9 Å². The summed E-state index contributed by atoms with van der Waals surface area (Å²) in [4.78, 5) is 21.4. The summed E-state index contributed by atoms with van der Waals surface area (Å²) >= 11 is 0. The molecule has 2 aliphatic carbocycles. The molecule has 2 fully saturated rings. The topological polar surface area (TPSA) is 63.6 Å². The van der Waals surface area contributed by atoms with E-state index in [2.05, 4.69) is 0 Å². The lowest BCUT2D eigenvalue weighted by molar-refractivity contribution is -0.145. The number of esters is 1. The van der Waals surface area contributed by atoms with Gasteiger partial charge in [0, 0.05) is 12.2 Å². The minimum Gasteiger partial charge on any atom is -0.478 e. The maximum absolute atomic E-state index is 11.2. The Balaban J connectivity index is 1.82. The second-order valence-electron chi connectivity index (χ2n) is 4.32. The van der Waals surface area contributed by atoms with Crippen LogP contribution in [-0.4, -0.2) is 23.1 Å². The van der Waals surface area contributed by atoms with E-state index in [1.165, 1.54) is 12.8 Å². The van der Waals surface area contributed by atoms with Gasteiger partial charge in [-0.15, -0.1) is 0 Å². The predicted molar refractivity (Wildman–Crippen MR) is 52.1 cm³/mol. The van der Waals surface area contributed by atoms with Crippen molar-refractivity contribution in [3.05, 3.63) is 12.2 Å². The Morgan fingerprint density at radius 1 is 1.20 bits per heavy atom. The minimum absolute atomic E-state index is 0.0229. The summed E-state index contributed by atoms with van der Waals surface area (Å²) in [6, 6.07) is 0. The van der Waals surface area contributed by atoms with Gasteiger partial charge in [0.1, 0.15) is 6.10 Å². The number of hydrogen-bond donors (Lipinski definition) is 1. The number of carboxylic acids is 1. The molecular formula is C11H14O4. The van der Waals surface area contributed by atoms with Crippen molar-refractivity contribution >= 4 is 11.9 Å². The maximum atomic E-state index is 11.2. The maximum Gasteiger partial charge on any atom is 0.331 e. The molecule has 0 spiro atoms. The number of rotatable bonds is 3. The van der Waals surface area contributed by atoms with Crippen molar-refractivity contribution in [2.45, 2.75) is 31.8 Å². The highest BCUT2D eigenvalue weighted by Crippen LogP contribution is 2.45. The number of carboxylic acid groups (broad SMARTS) is 1. The van der Waals surface area contributed by atoms with E-state index in [1.807, 2.05) is 0 Å². The summed E-state index contributed by atoms with van der Waals surface area (Å²) in [7, 11) is 0. The first-order valence-corrected chi connectivity index (χ1v) is 5.27. The molecule has 1 N–H and O–H groups in total. The van der Waals surface area contributed by atoms with Gasteiger partial charge in [-0.25, -0.2) is 9.59 Å². The van der Waals surface area contributed by atoms with Crippen LogP contribution in [0.4, 0.5) is 0 Å². The molecule has 0 heterocycles. The van der Waals surface area contributed by atoms with Gasteiger partial charge in [-0.1, -0.05) is 0 Å². The molecule has 2 rings (SSSR count). The van der Waals surface area contributed by atoms with Crippen LogP contribution in [0.1, 0.15) is 25.7 Å². The van der Waals surface area contributed by atoms with E-state index in [-0.39, 0.29) is 6.10 Å². The SMILES string of the molecule is O=C(O)/C=C/C(=O)O[C@H]1C[C@@H]2CC[C@@H]1C2. The molecule has 0 aromatic carbocycles. The van der Waals surface area contributed by atoms with Crippen molar-refractivity contribution in [3.8, 4) is 0 Å². The van der Waals surface area contributed by atoms with Crippen LogP contribution in [0.25, 0.3) is 0 Å². The van der Waals surface area contributed by atoms with Gasteiger partial charge in [0.15, 0.2) is 0 Å². The van der Waals surface area contributed by atoms with Crippen molar-refractivity contribution in [1.29, 1.82) is 0 Å². The fourth-order valence-electron chi connectivity index (χ4n) is 2.66. The van der Waals surface area contributed by atoms with Crippen LogP contribution in [0.5, 0.6) is 0 Å². The lowest BCUT2D eigenvalue weighted by atomic mass is 9.98. The molecule has 82 valence electrons. The molecule has 15 heavy (non-hydrogen) atoms. The molecule has 2 aliphatic rings. The molecule has 4 nitrogen and oxygen atoms in total. The van der Waals surface area contributed by atoms with E-state index >= 15 is 0 Å². The molecule has 0 unspecified atom stereocenters. The zero-order valence-corrected chi connectivity index (χ0v) is 8.39. The number of carbonyl (C=O) groups excluding carboxylic acids is 1. The minimum atomic E-state index is -1.13. The first kappa shape index (κ1) is 10.2. The van der Waals surface area contributed by atoms with Crippen LogP contribution in [0, 0.1) is 11.8 Å². The van der Waals surface area contributed by atoms with Gasteiger partial charge in [-0.2, -0.15) is 0 Å². The Hall–Kier alpha value is -1.32. The third-order valence-electron chi connectivity index (χ3n) is 3.30. The summed E-state index contributed by atoms with van der Waals surface area (Å²) < 4.78 is 5.21. The molecule has 0 saturated heterocycles. The molecule has 0 aromatic rings. The fraction of sp³-hybridized carbons (Fsp3) is 0.636. The van der Waals surface area contributed by atoms with Crippen molar-refractivity contribution in [1.82, 2.24) is 0 Å². The zero-order valence-electron chi connectivity index (χ0n) is 8.39. The van der Waals surface area contributed by atoms with Gasteiger partial charge in [0.25, 0.3) is 0 Å². The Labute approximate surface area is 87.9 Å². The number of carbonyl (C=O) groups is 2. The highest BCUT2D eigenvalue weighted by Gasteiger charge is 2.41. The van der Waals surface area contributed by atoms with Crippen molar-refractivity contribution in [2.75, 3.05) is 0 Å². The monoisotopic (exact) mass is 210 g/mol. The van der Waals surface area contributed by atoms with Gasteiger partial charge in [0.05, 0.1) is 0 Å². The predicted octanol–water partition coefficient (Wildman–Crippen LogP) is 1.36. The second kappa shape index (κ2) is 4.04. The van der Waals surface area contributed by atoms with Crippen LogP contribution in [0.2, 0.25) is 0 Å². The third kappa shape index (κ3) is 2.37. The normalized spacial score (nSPS) is 33.5. The number of hydrogen-bond acceptors (Lipinski definition) is 3. The lowest BCUT2D eigenvalue weighted by Gasteiger charge is -2.20. The Morgan fingerprint density at radius 3 is 2.53 bits per heavy atom. The van der Waals surface area contributed by atoms with Crippen molar-refractivity contribution in [2.24, 2.45) is 11.8 Å². The highest BCUT2D eigenvalue weighted by atomic mass is 16.5. The van der Waals surface area contributed by atoms with Gasteiger partial charge in [-0.3, -0.25) is 0 Å². The van der Waals surface area contributed by atoms with Crippen LogP contribution in [-0.2, 0) is 14.3 Å². The van der Waals surface area contributed by atoms with Crippen LogP contribution < -0.4 is 0 Å². The van der Waals surface area contributed by atoms with Gasteiger partial charge >= 0.3 is 11.9 Å². The second-order valence-corrected chi connectivity index (χ2v) is 4.32. The molecule has 0 aliphatic heterocycles. The summed E-state index contributed by atoms with van der Waals surface area (Å²) in [6.07, 6.45) is 6.34. The van der Waals surface area contributed by atoms with Gasteiger partial charge in [0.2, 0.25) is 0 Å². The molecule has 0 amide bonds. The van der Waals surface area contributed by atoms with Crippen molar-refractivity contribution < 1.29 is 19.4 Å². The number of aliphatic carboxylic acids is 1.